The van der Waals surface area contributed by atoms with Gasteiger partial charge in [-0.1, -0.05) is 85.8 Å². The lowest BCUT2D eigenvalue weighted by Crippen LogP contribution is -2.44. The summed E-state index contributed by atoms with van der Waals surface area (Å²) in [6.45, 7) is 3.36. The summed E-state index contributed by atoms with van der Waals surface area (Å²) in [6.07, 6.45) is -1.97. The van der Waals surface area contributed by atoms with Gasteiger partial charge < -0.3 is 40.3 Å². The maximum absolute atomic E-state index is 12.5. The third-order valence-electron chi connectivity index (χ3n) is 8.09. The Morgan fingerprint density at radius 3 is 2.29 bits per heavy atom. The lowest BCUT2D eigenvalue weighted by atomic mass is 9.90. The highest BCUT2D eigenvalue weighted by atomic mass is 16.7. The van der Waals surface area contributed by atoms with Gasteiger partial charge in [-0.25, -0.2) is 4.79 Å². The lowest BCUT2D eigenvalue weighted by molar-refractivity contribution is -0.276. The number of nitrogens with one attached hydrogen (secondary N) is 2. The SMILES string of the molecule is C[C@@H]1[C@H](CN(C)C[C@@H](O)c2cccc(O)c2)O[C@H](c2ccc(NC(=O)NCc3ccccc3)cc2)O[C@@H]1c1ccc(CO)cc1. The first-order valence-corrected chi connectivity index (χ1v) is 15.1. The van der Waals surface area contributed by atoms with Gasteiger partial charge in [-0.3, -0.25) is 0 Å². The molecular weight excluding hydrogens is 570 g/mol. The van der Waals surface area contributed by atoms with Crippen molar-refractivity contribution in [1.82, 2.24) is 10.2 Å². The molecule has 1 aliphatic rings. The van der Waals surface area contributed by atoms with Gasteiger partial charge in [0, 0.05) is 36.8 Å². The van der Waals surface area contributed by atoms with E-state index in [1.807, 2.05) is 90.8 Å². The van der Waals surface area contributed by atoms with Crippen LogP contribution in [0.1, 0.15) is 53.2 Å². The van der Waals surface area contributed by atoms with E-state index < -0.39 is 12.4 Å². The van der Waals surface area contributed by atoms with Gasteiger partial charge in [0.25, 0.3) is 0 Å². The van der Waals surface area contributed by atoms with Gasteiger partial charge in [-0.2, -0.15) is 0 Å². The first-order valence-electron chi connectivity index (χ1n) is 15.1. The number of carbonyl (C=O) groups is 1. The van der Waals surface area contributed by atoms with E-state index in [1.165, 1.54) is 0 Å². The first kappa shape index (κ1) is 32.2. The van der Waals surface area contributed by atoms with Crippen molar-refractivity contribution >= 4 is 11.7 Å². The average Bonchev–Trinajstić information content (AvgIpc) is 3.05. The number of likely N-dealkylation sites (N-methyl/N-ethyl adjacent to an activating group) is 1. The van der Waals surface area contributed by atoms with Crippen LogP contribution >= 0.6 is 0 Å². The van der Waals surface area contributed by atoms with E-state index in [0.29, 0.717) is 30.9 Å². The third-order valence-corrected chi connectivity index (χ3v) is 8.09. The van der Waals surface area contributed by atoms with Gasteiger partial charge in [-0.05, 0) is 53.6 Å². The molecule has 4 aromatic carbocycles. The summed E-state index contributed by atoms with van der Waals surface area (Å²) in [5, 5.41) is 35.9. The Hall–Kier alpha value is -4.25. The molecule has 0 aromatic heterocycles. The molecule has 5 atom stereocenters. The van der Waals surface area contributed by atoms with E-state index in [4.69, 9.17) is 9.47 Å². The Bertz CT molecular complexity index is 1520. The molecule has 0 saturated carbocycles. The number of amides is 2. The minimum atomic E-state index is -0.778. The molecule has 4 aromatic rings. The average molecular weight is 612 g/mol. The van der Waals surface area contributed by atoms with E-state index in [-0.39, 0.29) is 36.5 Å². The van der Waals surface area contributed by atoms with Gasteiger partial charge in [0.05, 0.1) is 24.9 Å². The van der Waals surface area contributed by atoms with Crippen LogP contribution in [0.15, 0.2) is 103 Å². The maximum Gasteiger partial charge on any atom is 0.319 e. The summed E-state index contributed by atoms with van der Waals surface area (Å²) >= 11 is 0. The second-order valence-electron chi connectivity index (χ2n) is 11.6. The topological polar surface area (TPSA) is 124 Å². The fourth-order valence-corrected chi connectivity index (χ4v) is 5.52. The molecule has 9 heteroatoms. The van der Waals surface area contributed by atoms with Crippen molar-refractivity contribution in [3.8, 4) is 5.75 Å². The standard InChI is InChI=1S/C36H41N3O6/c1-24-33(22-39(2)21-32(42)29-9-6-10-31(41)19-29)44-35(45-34(24)27-13-11-26(23-40)12-14-27)28-15-17-30(18-16-28)38-36(43)37-20-25-7-4-3-5-8-25/h3-19,24,32-35,40-42H,20-23H2,1-2H3,(H2,37,38,43)/t24-,32-,33+,34+,35+/m1/s1. The van der Waals surface area contributed by atoms with Gasteiger partial charge in [-0.15, -0.1) is 0 Å². The molecule has 1 heterocycles. The number of hydrogen-bond donors (Lipinski definition) is 5. The Balaban J connectivity index is 1.28. The molecule has 45 heavy (non-hydrogen) atoms. The Labute approximate surface area is 264 Å². The molecule has 2 amide bonds. The molecule has 5 N–H and O–H groups in total. The summed E-state index contributed by atoms with van der Waals surface area (Å²) in [5.41, 5.74) is 4.91. The van der Waals surface area contributed by atoms with Crippen molar-refractivity contribution < 1.29 is 29.6 Å². The zero-order chi connectivity index (χ0) is 31.8. The van der Waals surface area contributed by atoms with Gasteiger partial charge in [0.2, 0.25) is 0 Å². The number of rotatable bonds is 11. The van der Waals surface area contributed by atoms with E-state index in [0.717, 1.165) is 22.3 Å². The minimum absolute atomic E-state index is 0.0316. The zero-order valence-electron chi connectivity index (χ0n) is 25.5. The second-order valence-corrected chi connectivity index (χ2v) is 11.6. The Kier molecular flexibility index (Phi) is 10.8. The predicted octanol–water partition coefficient (Wildman–Crippen LogP) is 5.66. The smallest absolute Gasteiger partial charge is 0.319 e. The normalized spacial score (nSPS) is 20.5. The van der Waals surface area contributed by atoms with Crippen LogP contribution in [0, 0.1) is 5.92 Å². The summed E-state index contributed by atoms with van der Waals surface area (Å²) in [7, 11) is 1.93. The van der Waals surface area contributed by atoms with Crippen LogP contribution < -0.4 is 10.6 Å². The van der Waals surface area contributed by atoms with Crippen LogP contribution in [0.25, 0.3) is 0 Å². The summed E-state index contributed by atoms with van der Waals surface area (Å²) in [5.74, 6) is 0.0818. The molecule has 5 rings (SSSR count). The van der Waals surface area contributed by atoms with Crippen molar-refractivity contribution in [1.29, 1.82) is 0 Å². The fraction of sp³-hybridized carbons (Fsp3) is 0.306. The minimum Gasteiger partial charge on any atom is -0.508 e. The summed E-state index contributed by atoms with van der Waals surface area (Å²) in [4.78, 5) is 14.5. The highest BCUT2D eigenvalue weighted by molar-refractivity contribution is 5.89. The molecule has 9 nitrogen and oxygen atoms in total. The van der Waals surface area contributed by atoms with Crippen molar-refractivity contribution in [2.24, 2.45) is 5.92 Å². The number of hydrogen-bond acceptors (Lipinski definition) is 7. The Morgan fingerprint density at radius 1 is 0.889 bits per heavy atom. The number of phenolic OH excluding ortho intramolecular Hbond substituents is 1. The van der Waals surface area contributed by atoms with E-state index in [9.17, 15) is 20.1 Å². The maximum atomic E-state index is 12.5. The van der Waals surface area contributed by atoms with Crippen LogP contribution in [0.2, 0.25) is 0 Å². The number of ether oxygens (including phenoxy) is 2. The van der Waals surface area contributed by atoms with Crippen molar-refractivity contribution in [3.63, 3.8) is 0 Å². The van der Waals surface area contributed by atoms with Crippen molar-refractivity contribution in [3.05, 3.63) is 131 Å². The van der Waals surface area contributed by atoms with Gasteiger partial charge in [0.1, 0.15) is 5.75 Å². The van der Waals surface area contributed by atoms with Crippen molar-refractivity contribution in [2.45, 2.75) is 44.7 Å². The lowest BCUT2D eigenvalue weighted by Gasteiger charge is -2.42. The zero-order valence-corrected chi connectivity index (χ0v) is 25.5. The summed E-state index contributed by atoms with van der Waals surface area (Å²) in [6, 6.07) is 31.2. The number of anilines is 1. The Morgan fingerprint density at radius 2 is 1.60 bits per heavy atom. The van der Waals surface area contributed by atoms with E-state index >= 15 is 0 Å². The molecule has 1 fully saturated rings. The van der Waals surface area contributed by atoms with Crippen LogP contribution in [0.5, 0.6) is 5.75 Å². The molecule has 0 bridgehead atoms. The number of urea groups is 1. The van der Waals surface area contributed by atoms with Crippen LogP contribution in [-0.4, -0.2) is 52.5 Å². The van der Waals surface area contributed by atoms with Gasteiger partial charge >= 0.3 is 6.03 Å². The number of aromatic hydroxyl groups is 1. The fourth-order valence-electron chi connectivity index (χ4n) is 5.52. The van der Waals surface area contributed by atoms with E-state index in [1.54, 1.807) is 24.3 Å². The molecule has 0 radical (unpaired) electrons. The molecule has 0 spiro atoms. The molecular formula is C36H41N3O6. The quantitative estimate of drug-likeness (QED) is 0.148. The summed E-state index contributed by atoms with van der Waals surface area (Å²) < 4.78 is 13.1. The monoisotopic (exact) mass is 611 g/mol. The predicted molar refractivity (Wildman–Crippen MR) is 172 cm³/mol. The van der Waals surface area contributed by atoms with Crippen LogP contribution in [0.3, 0.4) is 0 Å². The van der Waals surface area contributed by atoms with E-state index in [2.05, 4.69) is 17.6 Å². The highest BCUT2D eigenvalue weighted by Crippen LogP contribution is 2.42. The molecule has 1 aliphatic heterocycles. The first-order chi connectivity index (χ1) is 21.8. The highest BCUT2D eigenvalue weighted by Gasteiger charge is 2.39. The number of benzene rings is 4. The molecule has 1 saturated heterocycles. The number of nitrogens with zero attached hydrogens (tertiary/aromatic N) is 1. The van der Waals surface area contributed by atoms with Crippen LogP contribution in [0.4, 0.5) is 10.5 Å². The van der Waals surface area contributed by atoms with Gasteiger partial charge in [0.15, 0.2) is 6.29 Å². The number of aliphatic hydroxyl groups is 2. The number of phenols is 1. The number of aliphatic hydroxyl groups excluding tert-OH is 2. The largest absolute Gasteiger partial charge is 0.508 e. The third kappa shape index (κ3) is 8.69. The number of carbonyl (C=O) groups excluding carboxylic acids is 1. The van der Waals surface area contributed by atoms with Crippen molar-refractivity contribution in [2.75, 3.05) is 25.5 Å². The van der Waals surface area contributed by atoms with Crippen LogP contribution in [-0.2, 0) is 22.6 Å². The molecule has 0 unspecified atom stereocenters. The molecule has 236 valence electrons. The second kappa shape index (κ2) is 15.2. The molecule has 0 aliphatic carbocycles.